The van der Waals surface area contributed by atoms with Gasteiger partial charge in [-0.3, -0.25) is 9.69 Å². The van der Waals surface area contributed by atoms with Crippen LogP contribution >= 0.6 is 0 Å². The minimum atomic E-state index is 0.208. The summed E-state index contributed by atoms with van der Waals surface area (Å²) in [6.07, 6.45) is 7.98. The molecule has 0 aromatic heterocycles. The Morgan fingerprint density at radius 1 is 0.963 bits per heavy atom. The number of carbonyl (C=O) groups excluding carboxylic acids is 1. The molecule has 0 spiro atoms. The number of ether oxygens (including phenoxy) is 1. The predicted octanol–water partition coefficient (Wildman–Crippen LogP) is 2.89. The number of fused-ring (bicyclic) bond motifs is 2. The van der Waals surface area contributed by atoms with Gasteiger partial charge in [-0.05, 0) is 68.5 Å². The molecule has 1 aliphatic carbocycles. The molecule has 3 saturated heterocycles. The number of rotatable bonds is 2. The first-order chi connectivity index (χ1) is 13.3. The molecule has 1 aromatic rings. The van der Waals surface area contributed by atoms with Crippen LogP contribution in [0.5, 0.6) is 0 Å². The van der Waals surface area contributed by atoms with Crippen molar-refractivity contribution in [2.45, 2.75) is 57.0 Å². The van der Waals surface area contributed by atoms with E-state index in [0.717, 1.165) is 45.6 Å². The average Bonchev–Trinajstić information content (AvgIpc) is 3.17. The van der Waals surface area contributed by atoms with E-state index in [-0.39, 0.29) is 5.92 Å². The summed E-state index contributed by atoms with van der Waals surface area (Å²) in [6, 6.07) is 10.3. The van der Waals surface area contributed by atoms with Crippen molar-refractivity contribution in [3.8, 4) is 0 Å². The highest BCUT2D eigenvalue weighted by molar-refractivity contribution is 5.79. The quantitative estimate of drug-likeness (QED) is 0.805. The number of hydrogen-bond acceptors (Lipinski definition) is 3. The lowest BCUT2D eigenvalue weighted by molar-refractivity contribution is -0.142. The fourth-order valence-electron chi connectivity index (χ4n) is 6.07. The van der Waals surface area contributed by atoms with Crippen LogP contribution in [0.1, 0.15) is 43.2 Å². The van der Waals surface area contributed by atoms with Crippen LogP contribution in [-0.4, -0.2) is 60.6 Å². The van der Waals surface area contributed by atoms with Gasteiger partial charge in [-0.25, -0.2) is 0 Å². The van der Waals surface area contributed by atoms with Gasteiger partial charge in [0.05, 0.1) is 0 Å². The van der Waals surface area contributed by atoms with Crippen LogP contribution in [-0.2, 0) is 22.4 Å². The van der Waals surface area contributed by atoms with E-state index in [1.165, 1.54) is 32.2 Å². The molecule has 146 valence electrons. The maximum absolute atomic E-state index is 13.0. The van der Waals surface area contributed by atoms with Gasteiger partial charge in [0, 0.05) is 44.3 Å². The van der Waals surface area contributed by atoms with Crippen LogP contribution in [0.2, 0.25) is 0 Å². The van der Waals surface area contributed by atoms with E-state index < -0.39 is 0 Å². The van der Waals surface area contributed by atoms with Gasteiger partial charge in [-0.15, -0.1) is 0 Å². The van der Waals surface area contributed by atoms with Crippen molar-refractivity contribution in [1.82, 2.24) is 9.80 Å². The van der Waals surface area contributed by atoms with Gasteiger partial charge in [0.1, 0.15) is 0 Å². The van der Waals surface area contributed by atoms with Crippen molar-refractivity contribution in [1.29, 1.82) is 0 Å². The maximum Gasteiger partial charge on any atom is 0.225 e. The van der Waals surface area contributed by atoms with Crippen LogP contribution in [0.3, 0.4) is 0 Å². The second kappa shape index (κ2) is 7.56. The first-order valence-corrected chi connectivity index (χ1v) is 11.0. The molecule has 0 radical (unpaired) electrons. The summed E-state index contributed by atoms with van der Waals surface area (Å²) < 4.78 is 5.44. The van der Waals surface area contributed by atoms with E-state index in [0.29, 0.717) is 23.9 Å². The highest BCUT2D eigenvalue weighted by Gasteiger charge is 2.42. The molecule has 0 unspecified atom stereocenters. The van der Waals surface area contributed by atoms with Crippen molar-refractivity contribution in [3.05, 3.63) is 35.4 Å². The Labute approximate surface area is 162 Å². The SMILES string of the molecule is O=C(C1CCOCC1)N1CC[C@@H]2[C@@H](CCCN2C2Cc3ccccc3C2)C1. The highest BCUT2D eigenvalue weighted by Crippen LogP contribution is 2.36. The van der Waals surface area contributed by atoms with E-state index in [2.05, 4.69) is 34.1 Å². The Balaban J connectivity index is 1.24. The number of piperidine rings is 2. The predicted molar refractivity (Wildman–Crippen MR) is 106 cm³/mol. The van der Waals surface area contributed by atoms with Crippen LogP contribution in [0.15, 0.2) is 24.3 Å². The molecular weight excluding hydrogens is 336 g/mol. The summed E-state index contributed by atoms with van der Waals surface area (Å²) >= 11 is 0. The highest BCUT2D eigenvalue weighted by atomic mass is 16.5. The van der Waals surface area contributed by atoms with Gasteiger partial charge >= 0.3 is 0 Å². The summed E-state index contributed by atoms with van der Waals surface area (Å²) in [6.45, 7) is 4.69. The Morgan fingerprint density at radius 3 is 2.44 bits per heavy atom. The van der Waals surface area contributed by atoms with E-state index in [9.17, 15) is 4.79 Å². The topological polar surface area (TPSA) is 32.8 Å². The Hall–Kier alpha value is -1.39. The maximum atomic E-state index is 13.0. The molecule has 4 aliphatic rings. The van der Waals surface area contributed by atoms with E-state index >= 15 is 0 Å². The first kappa shape index (κ1) is 17.7. The molecular formula is C23H32N2O2. The fraction of sp³-hybridized carbons (Fsp3) is 0.696. The number of carbonyl (C=O) groups is 1. The number of benzene rings is 1. The summed E-state index contributed by atoms with van der Waals surface area (Å²) in [5.41, 5.74) is 3.11. The lowest BCUT2D eigenvalue weighted by Crippen LogP contribution is -2.58. The smallest absolute Gasteiger partial charge is 0.225 e. The molecule has 5 rings (SSSR count). The largest absolute Gasteiger partial charge is 0.381 e. The van der Waals surface area contributed by atoms with Gasteiger partial charge in [-0.1, -0.05) is 24.3 Å². The lowest BCUT2D eigenvalue weighted by atomic mass is 9.82. The van der Waals surface area contributed by atoms with Gasteiger partial charge in [0.2, 0.25) is 5.91 Å². The minimum absolute atomic E-state index is 0.208. The number of nitrogens with zero attached hydrogens (tertiary/aromatic N) is 2. The molecule has 1 amide bonds. The third kappa shape index (κ3) is 3.42. The summed E-state index contributed by atoms with van der Waals surface area (Å²) in [4.78, 5) is 18.0. The number of hydrogen-bond donors (Lipinski definition) is 0. The summed E-state index contributed by atoms with van der Waals surface area (Å²) in [5, 5.41) is 0. The van der Waals surface area contributed by atoms with E-state index in [1.54, 1.807) is 11.1 Å². The summed E-state index contributed by atoms with van der Waals surface area (Å²) in [7, 11) is 0. The minimum Gasteiger partial charge on any atom is -0.381 e. The lowest BCUT2D eigenvalue weighted by Gasteiger charge is -2.50. The monoisotopic (exact) mass is 368 g/mol. The standard InChI is InChI=1S/C23H32N2O2/c26-23(17-8-12-27-13-9-17)24-11-7-22-20(16-24)6-3-10-25(22)21-14-18-4-1-2-5-19(18)15-21/h1-2,4-5,17,20-22H,3,6-16H2/t20-,22+/m0/s1. The molecule has 0 N–H and O–H groups in total. The zero-order valence-corrected chi connectivity index (χ0v) is 16.3. The Bertz CT molecular complexity index is 660. The zero-order valence-electron chi connectivity index (χ0n) is 16.3. The third-order valence-electron chi connectivity index (χ3n) is 7.49. The van der Waals surface area contributed by atoms with Crippen molar-refractivity contribution < 1.29 is 9.53 Å². The van der Waals surface area contributed by atoms with Gasteiger partial charge in [0.15, 0.2) is 0 Å². The van der Waals surface area contributed by atoms with Gasteiger partial charge in [-0.2, -0.15) is 0 Å². The zero-order chi connectivity index (χ0) is 18.2. The van der Waals surface area contributed by atoms with Crippen LogP contribution in [0.4, 0.5) is 0 Å². The number of likely N-dealkylation sites (tertiary alicyclic amines) is 2. The molecule has 3 heterocycles. The van der Waals surface area contributed by atoms with Crippen molar-refractivity contribution in [2.75, 3.05) is 32.8 Å². The molecule has 3 aliphatic heterocycles. The van der Waals surface area contributed by atoms with Crippen molar-refractivity contribution in [2.24, 2.45) is 11.8 Å². The second-order valence-corrected chi connectivity index (χ2v) is 9.00. The normalized spacial score (nSPS) is 30.1. The molecule has 3 fully saturated rings. The molecule has 4 nitrogen and oxygen atoms in total. The average molecular weight is 369 g/mol. The van der Waals surface area contributed by atoms with Gasteiger partial charge in [0.25, 0.3) is 0 Å². The van der Waals surface area contributed by atoms with E-state index in [1.807, 2.05) is 0 Å². The van der Waals surface area contributed by atoms with Crippen LogP contribution < -0.4 is 0 Å². The number of amides is 1. The van der Waals surface area contributed by atoms with Crippen LogP contribution in [0, 0.1) is 11.8 Å². The first-order valence-electron chi connectivity index (χ1n) is 11.0. The molecule has 0 saturated carbocycles. The summed E-state index contributed by atoms with van der Waals surface area (Å²) in [5.74, 6) is 1.28. The molecule has 1 aromatic carbocycles. The van der Waals surface area contributed by atoms with Crippen molar-refractivity contribution in [3.63, 3.8) is 0 Å². The van der Waals surface area contributed by atoms with Crippen LogP contribution in [0.25, 0.3) is 0 Å². The molecule has 0 bridgehead atoms. The molecule has 2 atom stereocenters. The third-order valence-corrected chi connectivity index (χ3v) is 7.49. The van der Waals surface area contributed by atoms with Crippen molar-refractivity contribution >= 4 is 5.91 Å². The fourth-order valence-corrected chi connectivity index (χ4v) is 6.07. The Morgan fingerprint density at radius 2 is 1.70 bits per heavy atom. The second-order valence-electron chi connectivity index (χ2n) is 9.00. The Kier molecular flexibility index (Phi) is 4.95. The van der Waals surface area contributed by atoms with E-state index in [4.69, 9.17) is 4.74 Å². The van der Waals surface area contributed by atoms with Gasteiger partial charge < -0.3 is 9.64 Å². The molecule has 27 heavy (non-hydrogen) atoms. The molecule has 4 heteroatoms.